The van der Waals surface area contributed by atoms with E-state index >= 15 is 0 Å². The number of methoxy groups -OCH3 is 1. The number of carbonyl (C=O) groups excluding carboxylic acids is 1. The van der Waals surface area contributed by atoms with Crippen LogP contribution in [-0.2, 0) is 0 Å². The Kier molecular flexibility index (Phi) is 3.94. The van der Waals surface area contributed by atoms with Gasteiger partial charge in [0, 0.05) is 26.3 Å². The monoisotopic (exact) mass is 361 g/mol. The summed E-state index contributed by atoms with van der Waals surface area (Å²) < 4.78 is 7.08. The molecule has 2 aromatic carbocycles. The standard InChI is InChI=1S/C16H12BrNO2S/c1-20-11-6-4-5-10(9-11)18-16(19)15-14(17)12-7-2-3-8-13(12)21-15/h2-9H,1H3,(H,18,19). The van der Waals surface area contributed by atoms with Crippen LogP contribution in [0.3, 0.4) is 0 Å². The van der Waals surface area contributed by atoms with Crippen molar-refractivity contribution in [3.63, 3.8) is 0 Å². The molecule has 1 heterocycles. The van der Waals surface area contributed by atoms with Gasteiger partial charge in [0.1, 0.15) is 10.6 Å². The van der Waals surface area contributed by atoms with Gasteiger partial charge in [0.2, 0.25) is 0 Å². The molecule has 3 nitrogen and oxygen atoms in total. The largest absolute Gasteiger partial charge is 0.497 e. The highest BCUT2D eigenvalue weighted by Gasteiger charge is 2.16. The molecule has 0 unspecified atom stereocenters. The summed E-state index contributed by atoms with van der Waals surface area (Å²) in [6.45, 7) is 0. The third-order valence-corrected chi connectivity index (χ3v) is 5.32. The third kappa shape index (κ3) is 2.80. The molecule has 1 N–H and O–H groups in total. The van der Waals surface area contributed by atoms with E-state index in [2.05, 4.69) is 21.2 Å². The van der Waals surface area contributed by atoms with Crippen molar-refractivity contribution >= 4 is 48.9 Å². The van der Waals surface area contributed by atoms with Gasteiger partial charge in [-0.15, -0.1) is 11.3 Å². The van der Waals surface area contributed by atoms with E-state index in [0.717, 1.165) is 14.6 Å². The summed E-state index contributed by atoms with van der Waals surface area (Å²) in [6, 6.07) is 15.2. The lowest BCUT2D eigenvalue weighted by molar-refractivity contribution is 0.103. The Morgan fingerprint density at radius 2 is 2.00 bits per heavy atom. The van der Waals surface area contributed by atoms with Crippen LogP contribution in [0.2, 0.25) is 0 Å². The molecule has 3 aromatic rings. The van der Waals surface area contributed by atoms with Crippen LogP contribution in [0.4, 0.5) is 5.69 Å². The van der Waals surface area contributed by atoms with Crippen molar-refractivity contribution in [3.8, 4) is 5.75 Å². The molecule has 0 aliphatic rings. The normalized spacial score (nSPS) is 10.6. The van der Waals surface area contributed by atoms with Crippen molar-refractivity contribution < 1.29 is 9.53 Å². The van der Waals surface area contributed by atoms with E-state index in [-0.39, 0.29) is 5.91 Å². The summed E-state index contributed by atoms with van der Waals surface area (Å²) in [5, 5.41) is 3.95. The molecular weight excluding hydrogens is 350 g/mol. The first kappa shape index (κ1) is 14.1. The summed E-state index contributed by atoms with van der Waals surface area (Å²) in [6.07, 6.45) is 0. The summed E-state index contributed by atoms with van der Waals surface area (Å²) in [5.41, 5.74) is 0.712. The molecule has 0 radical (unpaired) electrons. The minimum atomic E-state index is -0.128. The van der Waals surface area contributed by atoms with Crippen molar-refractivity contribution in [1.29, 1.82) is 0 Å². The van der Waals surface area contributed by atoms with Crippen LogP contribution < -0.4 is 10.1 Å². The Bertz CT molecular complexity index is 813. The van der Waals surface area contributed by atoms with Crippen molar-refractivity contribution in [2.75, 3.05) is 12.4 Å². The number of thiophene rings is 1. The predicted octanol–water partition coefficient (Wildman–Crippen LogP) is 4.92. The van der Waals surface area contributed by atoms with Crippen LogP contribution in [0, 0.1) is 0 Å². The molecule has 0 spiro atoms. The molecule has 3 rings (SSSR count). The summed E-state index contributed by atoms with van der Waals surface area (Å²) in [5.74, 6) is 0.583. The zero-order valence-corrected chi connectivity index (χ0v) is 13.6. The van der Waals surface area contributed by atoms with E-state index < -0.39 is 0 Å². The Labute approximate surface area is 134 Å². The Morgan fingerprint density at radius 3 is 2.76 bits per heavy atom. The second-order valence-corrected chi connectivity index (χ2v) is 6.27. The van der Waals surface area contributed by atoms with Gasteiger partial charge in [-0.25, -0.2) is 0 Å². The van der Waals surface area contributed by atoms with Gasteiger partial charge in [-0.05, 0) is 34.1 Å². The lowest BCUT2D eigenvalue weighted by atomic mass is 10.2. The topological polar surface area (TPSA) is 38.3 Å². The van der Waals surface area contributed by atoms with Gasteiger partial charge in [-0.1, -0.05) is 24.3 Å². The van der Waals surface area contributed by atoms with Gasteiger partial charge in [-0.2, -0.15) is 0 Å². The fourth-order valence-corrected chi connectivity index (χ4v) is 3.94. The minimum Gasteiger partial charge on any atom is -0.497 e. The smallest absolute Gasteiger partial charge is 0.266 e. The first-order valence-electron chi connectivity index (χ1n) is 6.31. The minimum absolute atomic E-state index is 0.128. The summed E-state index contributed by atoms with van der Waals surface area (Å²) in [7, 11) is 1.60. The third-order valence-electron chi connectivity index (χ3n) is 3.07. The van der Waals surface area contributed by atoms with Crippen molar-refractivity contribution in [2.24, 2.45) is 0 Å². The second kappa shape index (κ2) is 5.87. The molecule has 0 fully saturated rings. The summed E-state index contributed by atoms with van der Waals surface area (Å²) in [4.78, 5) is 13.1. The number of nitrogens with one attached hydrogen (secondary N) is 1. The first-order chi connectivity index (χ1) is 10.2. The molecule has 5 heteroatoms. The zero-order valence-electron chi connectivity index (χ0n) is 11.2. The number of carbonyl (C=O) groups is 1. The van der Waals surface area contributed by atoms with Gasteiger partial charge in [0.25, 0.3) is 5.91 Å². The fourth-order valence-electron chi connectivity index (χ4n) is 2.05. The van der Waals surface area contributed by atoms with Gasteiger partial charge in [-0.3, -0.25) is 4.79 Å². The number of hydrogen-bond acceptors (Lipinski definition) is 3. The van der Waals surface area contributed by atoms with Crippen LogP contribution in [0.1, 0.15) is 9.67 Å². The van der Waals surface area contributed by atoms with Gasteiger partial charge in [0.05, 0.1) is 7.11 Å². The second-order valence-electron chi connectivity index (χ2n) is 4.43. The van der Waals surface area contributed by atoms with E-state index in [1.54, 1.807) is 13.2 Å². The molecule has 0 aliphatic carbocycles. The zero-order chi connectivity index (χ0) is 14.8. The Morgan fingerprint density at radius 1 is 1.19 bits per heavy atom. The molecule has 0 aliphatic heterocycles. The predicted molar refractivity (Wildman–Crippen MR) is 90.5 cm³/mol. The highest BCUT2D eigenvalue weighted by Crippen LogP contribution is 2.35. The number of anilines is 1. The number of amides is 1. The SMILES string of the molecule is COc1cccc(NC(=O)c2sc3ccccc3c2Br)c1. The average molecular weight is 362 g/mol. The van der Waals surface area contributed by atoms with Crippen molar-refractivity contribution in [3.05, 3.63) is 57.9 Å². The molecular formula is C16H12BrNO2S. The summed E-state index contributed by atoms with van der Waals surface area (Å²) >= 11 is 4.99. The molecule has 0 bridgehead atoms. The van der Waals surface area contributed by atoms with Gasteiger partial charge >= 0.3 is 0 Å². The number of hydrogen-bond donors (Lipinski definition) is 1. The maximum absolute atomic E-state index is 12.4. The van der Waals surface area contributed by atoms with Crippen LogP contribution in [-0.4, -0.2) is 13.0 Å². The number of ether oxygens (including phenoxy) is 1. The highest BCUT2D eigenvalue weighted by molar-refractivity contribution is 9.10. The molecule has 0 atom stereocenters. The number of halogens is 1. The molecule has 0 saturated carbocycles. The van der Waals surface area contributed by atoms with E-state index in [1.807, 2.05) is 42.5 Å². The van der Waals surface area contributed by atoms with Crippen LogP contribution >= 0.6 is 27.3 Å². The molecule has 106 valence electrons. The average Bonchev–Trinajstić information content (AvgIpc) is 2.85. The van der Waals surface area contributed by atoms with E-state index in [1.165, 1.54) is 11.3 Å². The lowest BCUT2D eigenvalue weighted by Gasteiger charge is -2.06. The maximum Gasteiger partial charge on any atom is 0.266 e. The van der Waals surface area contributed by atoms with Crippen LogP contribution in [0.15, 0.2) is 53.0 Å². The number of fused-ring (bicyclic) bond motifs is 1. The molecule has 1 amide bonds. The maximum atomic E-state index is 12.4. The first-order valence-corrected chi connectivity index (χ1v) is 7.92. The van der Waals surface area contributed by atoms with E-state index in [4.69, 9.17) is 4.74 Å². The Hall–Kier alpha value is -1.85. The Balaban J connectivity index is 1.91. The van der Waals surface area contributed by atoms with Gasteiger partial charge < -0.3 is 10.1 Å². The van der Waals surface area contributed by atoms with E-state index in [0.29, 0.717) is 16.3 Å². The molecule has 21 heavy (non-hydrogen) atoms. The van der Waals surface area contributed by atoms with Crippen LogP contribution in [0.5, 0.6) is 5.75 Å². The molecule has 1 aromatic heterocycles. The van der Waals surface area contributed by atoms with Crippen molar-refractivity contribution in [1.82, 2.24) is 0 Å². The lowest BCUT2D eigenvalue weighted by Crippen LogP contribution is -2.10. The van der Waals surface area contributed by atoms with Crippen molar-refractivity contribution in [2.45, 2.75) is 0 Å². The quantitative estimate of drug-likeness (QED) is 0.718. The fraction of sp³-hybridized carbons (Fsp3) is 0.0625. The van der Waals surface area contributed by atoms with Gasteiger partial charge in [0.15, 0.2) is 0 Å². The highest BCUT2D eigenvalue weighted by atomic mass is 79.9. The van der Waals surface area contributed by atoms with Crippen LogP contribution in [0.25, 0.3) is 10.1 Å². The number of benzene rings is 2. The molecule has 0 saturated heterocycles. The van der Waals surface area contributed by atoms with E-state index in [9.17, 15) is 4.79 Å². The number of rotatable bonds is 3.